The number of ether oxygens (including phenoxy) is 1. The van der Waals surface area contributed by atoms with Gasteiger partial charge in [-0.1, -0.05) is 144 Å². The Hall–Kier alpha value is -9.48. The lowest BCUT2D eigenvalue weighted by Crippen LogP contribution is -2.35. The number of phenolic OH excluding ortho intramolecular Hbond substituents is 1. The Labute approximate surface area is 552 Å². The van der Waals surface area contributed by atoms with Crippen LogP contribution in [0.4, 0.5) is 11.4 Å². The predicted octanol–water partition coefficient (Wildman–Crippen LogP) is 12.6. The van der Waals surface area contributed by atoms with E-state index >= 15 is 0 Å². The SMILES string of the molecule is CC1CCC(C(C)C)C(OCC(=O)O)C1.CCCCc1ccc(NC(=O)CCCC(=O)O)cc1.O=C(O)C(c1ccccc1)C(C(=O)c1ccccc1)c1ccccc1.O=C(O)CCC(CC(=O)O)C(=O)O.O=C(O)CCCC(=O)Nc1ccc(O)cc1.O=C(O)CCCl. The van der Waals surface area contributed by atoms with E-state index in [0.717, 1.165) is 18.5 Å². The van der Waals surface area contributed by atoms with E-state index in [1.807, 2.05) is 66.7 Å². The topological polar surface area (TPSA) is 403 Å². The summed E-state index contributed by atoms with van der Waals surface area (Å²) in [6, 6.07) is 40.8. The van der Waals surface area contributed by atoms with Crippen LogP contribution < -0.4 is 10.6 Å². The maximum atomic E-state index is 13.2. The number of Topliss-reactive ketones (excluding diaryl/α,β-unsaturated/α-hetero) is 1. The maximum absolute atomic E-state index is 13.2. The Morgan fingerprint density at radius 1 is 0.521 bits per heavy atom. The maximum Gasteiger partial charge on any atom is 0.329 e. The van der Waals surface area contributed by atoms with Gasteiger partial charge in [-0.25, -0.2) is 4.79 Å². The summed E-state index contributed by atoms with van der Waals surface area (Å²) in [7, 11) is 0. The molecule has 6 rings (SSSR count). The lowest BCUT2D eigenvalue weighted by Gasteiger charge is -2.36. The van der Waals surface area contributed by atoms with Crippen molar-refractivity contribution in [2.24, 2.45) is 23.7 Å². The molecular formula is C70H89ClN2O21. The van der Waals surface area contributed by atoms with Crippen molar-refractivity contribution < 1.29 is 103 Å². The number of ketones is 1. The second-order valence-corrected chi connectivity index (χ2v) is 22.6. The number of aliphatic carboxylic acids is 8. The summed E-state index contributed by atoms with van der Waals surface area (Å²) in [5, 5.41) is 82.6. The van der Waals surface area contributed by atoms with Crippen LogP contribution in [0.3, 0.4) is 0 Å². The standard InChI is InChI=1S/C22H18O3.C15H21NO3.C12H22O3.C11H13NO4.C7H10O6.C3H5ClO2/c23-21(18-14-8-3-9-15-18)19(16-10-4-1-5-11-16)20(22(24)25)17-12-6-2-7-13-17;1-2-3-5-12-8-10-13(11-9-12)16-14(17)6-4-7-15(18)19;1-8(2)10-5-4-9(3)6-11(10)15-7-12(13)14;13-9-6-4-8(5-7-9)12-10(14)2-1-3-11(15)16;8-5(9)2-1-4(7(12)13)3-6(10)11;4-2-1-3(5)6/h1-15,19-20H,(H,24,25);8-11H,2-7H2,1H3,(H,16,17)(H,18,19);8-11H,4-7H2,1-3H3,(H,13,14);4-7,13H,1-3H2,(H,12,14)(H,15,16);4H,1-3H2,(H,8,9)(H,10,11)(H,12,13);1-2H2,(H,5,6). The number of carboxylic acid groups (broad SMARTS) is 8. The van der Waals surface area contributed by atoms with Crippen LogP contribution in [0.15, 0.2) is 140 Å². The van der Waals surface area contributed by atoms with Crippen LogP contribution in [0.1, 0.15) is 163 Å². The first-order chi connectivity index (χ1) is 44.6. The lowest BCUT2D eigenvalue weighted by atomic mass is 9.75. The average Bonchev–Trinajstić information content (AvgIpc) is 0.827. The van der Waals surface area contributed by atoms with Crippen LogP contribution in [-0.4, -0.2) is 130 Å². The molecule has 1 fully saturated rings. The van der Waals surface area contributed by atoms with Gasteiger partial charge < -0.3 is 61.3 Å². The zero-order valence-corrected chi connectivity index (χ0v) is 54.1. The first-order valence-corrected chi connectivity index (χ1v) is 31.2. The molecule has 1 aliphatic carbocycles. The first kappa shape index (κ1) is 82.5. The number of nitrogens with one attached hydrogen (secondary N) is 2. The van der Waals surface area contributed by atoms with E-state index in [-0.39, 0.29) is 86.9 Å². The number of benzene rings is 5. The molecule has 1 saturated carbocycles. The van der Waals surface area contributed by atoms with Crippen LogP contribution in [-0.2, 0) is 59.1 Å². The number of aromatic hydroxyl groups is 1. The van der Waals surface area contributed by atoms with Crippen molar-refractivity contribution in [3.05, 3.63) is 162 Å². The number of unbranched alkanes of at least 4 members (excludes halogenated alkanes) is 1. The minimum absolute atomic E-state index is 0.0109. The van der Waals surface area contributed by atoms with E-state index in [1.165, 1.54) is 43.4 Å². The van der Waals surface area contributed by atoms with Crippen molar-refractivity contribution in [3.63, 3.8) is 0 Å². The van der Waals surface area contributed by atoms with Crippen LogP contribution in [0.2, 0.25) is 0 Å². The number of rotatable bonds is 31. The number of anilines is 2. The number of phenols is 1. The second-order valence-electron chi connectivity index (χ2n) is 22.3. The smallest absolute Gasteiger partial charge is 0.329 e. The van der Waals surface area contributed by atoms with E-state index in [4.69, 9.17) is 57.2 Å². The Morgan fingerprint density at radius 3 is 1.37 bits per heavy atom. The van der Waals surface area contributed by atoms with E-state index in [9.17, 15) is 57.8 Å². The van der Waals surface area contributed by atoms with Gasteiger partial charge >= 0.3 is 47.8 Å². The Balaban J connectivity index is 0.000000585. The van der Waals surface area contributed by atoms with Crippen LogP contribution in [0, 0.1) is 23.7 Å². The highest BCUT2D eigenvalue weighted by atomic mass is 35.5. The molecule has 94 heavy (non-hydrogen) atoms. The number of carbonyl (C=O) groups is 11. The Bertz CT molecular complexity index is 3090. The number of carboxylic acids is 8. The fourth-order valence-corrected chi connectivity index (χ4v) is 9.55. The summed E-state index contributed by atoms with van der Waals surface area (Å²) < 4.78 is 5.49. The molecule has 2 amide bonds. The van der Waals surface area contributed by atoms with E-state index in [1.54, 1.807) is 60.7 Å². The van der Waals surface area contributed by atoms with Gasteiger partial charge in [0.25, 0.3) is 0 Å². The quantitative estimate of drug-likeness (QED) is 0.0111. The summed E-state index contributed by atoms with van der Waals surface area (Å²) in [4.78, 5) is 119. The first-order valence-electron chi connectivity index (χ1n) is 30.7. The monoisotopic (exact) mass is 1330 g/mol. The molecule has 23 nitrogen and oxygen atoms in total. The Morgan fingerprint density at radius 2 is 0.979 bits per heavy atom. The van der Waals surface area contributed by atoms with E-state index in [2.05, 4.69) is 38.3 Å². The highest BCUT2D eigenvalue weighted by molar-refractivity contribution is 6.18. The molecule has 1 aliphatic rings. The molecule has 0 aliphatic heterocycles. The largest absolute Gasteiger partial charge is 0.508 e. The van der Waals surface area contributed by atoms with Crippen LogP contribution in [0.5, 0.6) is 5.75 Å². The number of hydrogen-bond donors (Lipinski definition) is 11. The molecule has 5 aromatic carbocycles. The van der Waals surface area contributed by atoms with Gasteiger partial charge in [-0.05, 0) is 116 Å². The van der Waals surface area contributed by atoms with Gasteiger partial charge in [-0.2, -0.15) is 0 Å². The lowest BCUT2D eigenvalue weighted by molar-refractivity contribution is -0.149. The number of carbonyl (C=O) groups excluding carboxylic acids is 3. The zero-order chi connectivity index (χ0) is 70.5. The molecule has 24 heteroatoms. The van der Waals surface area contributed by atoms with Gasteiger partial charge in [0.05, 0.1) is 36.7 Å². The van der Waals surface area contributed by atoms with Gasteiger partial charge in [0, 0.05) is 54.9 Å². The number of amides is 2. The van der Waals surface area contributed by atoms with Crippen molar-refractivity contribution in [3.8, 4) is 5.75 Å². The summed E-state index contributed by atoms with van der Waals surface area (Å²) >= 11 is 5.02. The highest BCUT2D eigenvalue weighted by Gasteiger charge is 2.37. The number of halogens is 1. The third-order valence-corrected chi connectivity index (χ3v) is 14.4. The molecule has 512 valence electrons. The van der Waals surface area contributed by atoms with Crippen molar-refractivity contribution in [2.75, 3.05) is 23.1 Å². The average molecular weight is 1330 g/mol. The predicted molar refractivity (Wildman–Crippen MR) is 352 cm³/mol. The van der Waals surface area contributed by atoms with Gasteiger partial charge in [-0.3, -0.25) is 47.9 Å². The van der Waals surface area contributed by atoms with Crippen molar-refractivity contribution in [2.45, 2.75) is 148 Å². The summed E-state index contributed by atoms with van der Waals surface area (Å²) in [5.41, 5.74) is 4.45. The van der Waals surface area contributed by atoms with Gasteiger partial charge in [-0.15, -0.1) is 11.6 Å². The minimum atomic E-state index is -1.27. The van der Waals surface area contributed by atoms with Gasteiger partial charge in [0.15, 0.2) is 5.78 Å². The van der Waals surface area contributed by atoms with Crippen molar-refractivity contribution in [1.82, 2.24) is 0 Å². The molecule has 5 aromatic rings. The normalized spacial score (nSPS) is 14.4. The molecule has 6 unspecified atom stereocenters. The third kappa shape index (κ3) is 37.8. The summed E-state index contributed by atoms with van der Waals surface area (Å²) in [6.45, 7) is 8.61. The summed E-state index contributed by atoms with van der Waals surface area (Å²) in [5.74, 6) is -9.44. The number of aryl methyl sites for hydroxylation is 1. The molecule has 6 atom stereocenters. The Kier molecular flexibility index (Phi) is 41.6. The van der Waals surface area contributed by atoms with Crippen molar-refractivity contribution in [1.29, 1.82) is 0 Å². The number of alkyl halides is 1. The molecule has 0 heterocycles. The molecule has 0 aromatic heterocycles. The molecule has 0 radical (unpaired) electrons. The highest BCUT2D eigenvalue weighted by Crippen LogP contribution is 2.37. The molecule has 0 saturated heterocycles. The van der Waals surface area contributed by atoms with Crippen LogP contribution >= 0.6 is 11.6 Å². The minimum Gasteiger partial charge on any atom is -0.508 e. The second kappa shape index (κ2) is 47.4. The van der Waals surface area contributed by atoms with E-state index < -0.39 is 71.9 Å². The third-order valence-electron chi connectivity index (χ3n) is 14.2. The van der Waals surface area contributed by atoms with Crippen molar-refractivity contribution >= 4 is 88.3 Å². The fraction of sp³-hybridized carbons (Fsp3) is 0.414. The fourth-order valence-electron chi connectivity index (χ4n) is 9.39. The van der Waals surface area contributed by atoms with Crippen LogP contribution in [0.25, 0.3) is 0 Å². The van der Waals surface area contributed by atoms with Gasteiger partial charge in [0.1, 0.15) is 12.4 Å². The molecule has 0 spiro atoms. The molecule has 11 N–H and O–H groups in total. The molecule has 0 bridgehead atoms. The molecular weight excluding hydrogens is 1240 g/mol. The zero-order valence-electron chi connectivity index (χ0n) is 53.4. The summed E-state index contributed by atoms with van der Waals surface area (Å²) in [6.07, 6.45) is 7.12. The number of hydrogen-bond acceptors (Lipinski definition) is 13. The van der Waals surface area contributed by atoms with Gasteiger partial charge in [0.2, 0.25) is 11.8 Å². The van der Waals surface area contributed by atoms with E-state index in [0.29, 0.717) is 53.0 Å².